The maximum atomic E-state index is 11.0. The zero-order chi connectivity index (χ0) is 19.1. The van der Waals surface area contributed by atoms with Crippen molar-refractivity contribution in [2.75, 3.05) is 6.61 Å². The Labute approximate surface area is 159 Å². The number of benzene rings is 1. The van der Waals surface area contributed by atoms with Crippen molar-refractivity contribution in [2.45, 2.75) is 77.1 Å². The standard InChI is InChI=1S/C22H34O3Si/c1-6-7-10-26(4,5)16-12-19(24)21-17-11-15(14-23)8-9-18(17)22(2,3)25-20(21)13-16/h8,12-13,17-18,23-24H,6-7,9-11,14H2,1-5H3/t17-,18-/m1/s1. The van der Waals surface area contributed by atoms with E-state index in [0.29, 0.717) is 11.7 Å². The number of rotatable bonds is 5. The summed E-state index contributed by atoms with van der Waals surface area (Å²) in [5.74, 6) is 1.80. The number of phenolic OH excluding ortho intramolecular Hbond substituents is 1. The molecule has 1 aromatic rings. The number of aromatic hydroxyl groups is 1. The first-order valence-corrected chi connectivity index (χ1v) is 13.3. The maximum absolute atomic E-state index is 11.0. The Bertz CT molecular complexity index is 706. The molecule has 0 spiro atoms. The number of hydrogen-bond acceptors (Lipinski definition) is 3. The van der Waals surface area contributed by atoms with Gasteiger partial charge in [-0.1, -0.05) is 50.2 Å². The van der Waals surface area contributed by atoms with Crippen LogP contribution < -0.4 is 9.92 Å². The van der Waals surface area contributed by atoms with Gasteiger partial charge in [0.05, 0.1) is 14.7 Å². The number of aliphatic hydroxyl groups excluding tert-OH is 1. The Morgan fingerprint density at radius 3 is 2.65 bits per heavy atom. The molecule has 1 aliphatic carbocycles. The van der Waals surface area contributed by atoms with Gasteiger partial charge in [0.25, 0.3) is 0 Å². The smallest absolute Gasteiger partial charge is 0.127 e. The van der Waals surface area contributed by atoms with Crippen LogP contribution in [0, 0.1) is 5.92 Å². The van der Waals surface area contributed by atoms with E-state index < -0.39 is 8.07 Å². The molecule has 0 saturated heterocycles. The number of ether oxygens (including phenoxy) is 1. The van der Waals surface area contributed by atoms with E-state index in [4.69, 9.17) is 4.74 Å². The van der Waals surface area contributed by atoms with Gasteiger partial charge >= 0.3 is 0 Å². The Hall–Kier alpha value is -1.26. The van der Waals surface area contributed by atoms with Gasteiger partial charge < -0.3 is 14.9 Å². The molecule has 0 bridgehead atoms. The summed E-state index contributed by atoms with van der Waals surface area (Å²) in [6.45, 7) is 11.4. The van der Waals surface area contributed by atoms with Crippen molar-refractivity contribution >= 4 is 13.3 Å². The molecule has 26 heavy (non-hydrogen) atoms. The van der Waals surface area contributed by atoms with Crippen LogP contribution in [0.25, 0.3) is 0 Å². The first kappa shape index (κ1) is 19.5. The van der Waals surface area contributed by atoms with E-state index in [1.165, 1.54) is 24.1 Å². The molecule has 144 valence electrons. The highest BCUT2D eigenvalue weighted by Gasteiger charge is 2.46. The molecule has 3 nitrogen and oxygen atoms in total. The predicted octanol–water partition coefficient (Wildman–Crippen LogP) is 4.69. The van der Waals surface area contributed by atoms with Crippen LogP contribution in [0.5, 0.6) is 11.5 Å². The van der Waals surface area contributed by atoms with Crippen LogP contribution in [0.4, 0.5) is 0 Å². The van der Waals surface area contributed by atoms with Gasteiger partial charge in [0, 0.05) is 17.4 Å². The lowest BCUT2D eigenvalue weighted by Gasteiger charge is -2.47. The van der Waals surface area contributed by atoms with Crippen LogP contribution in [0.3, 0.4) is 0 Å². The molecule has 3 rings (SSSR count). The zero-order valence-electron chi connectivity index (χ0n) is 16.9. The van der Waals surface area contributed by atoms with Crippen LogP contribution in [-0.4, -0.2) is 30.5 Å². The topological polar surface area (TPSA) is 49.7 Å². The Kier molecular flexibility index (Phi) is 5.28. The lowest BCUT2D eigenvalue weighted by molar-refractivity contribution is 0.00693. The van der Waals surface area contributed by atoms with E-state index in [2.05, 4.69) is 46.0 Å². The summed E-state index contributed by atoms with van der Waals surface area (Å²) in [4.78, 5) is 0. The van der Waals surface area contributed by atoms with Gasteiger partial charge in [0.2, 0.25) is 0 Å². The van der Waals surface area contributed by atoms with Gasteiger partial charge in [-0.05, 0) is 44.4 Å². The van der Waals surface area contributed by atoms with Crippen LogP contribution in [0.15, 0.2) is 23.8 Å². The fourth-order valence-electron chi connectivity index (χ4n) is 4.75. The summed E-state index contributed by atoms with van der Waals surface area (Å²) in [5, 5.41) is 21.8. The Morgan fingerprint density at radius 2 is 2.00 bits per heavy atom. The van der Waals surface area contributed by atoms with E-state index in [1.54, 1.807) is 0 Å². The third-order valence-electron chi connectivity index (χ3n) is 6.53. The molecule has 1 aliphatic heterocycles. The van der Waals surface area contributed by atoms with E-state index >= 15 is 0 Å². The highest BCUT2D eigenvalue weighted by Crippen LogP contribution is 2.53. The van der Waals surface area contributed by atoms with Crippen molar-refractivity contribution in [1.29, 1.82) is 0 Å². The van der Waals surface area contributed by atoms with Crippen LogP contribution in [0.2, 0.25) is 19.1 Å². The summed E-state index contributed by atoms with van der Waals surface area (Å²) < 4.78 is 6.45. The molecular formula is C22H34O3Si. The Morgan fingerprint density at radius 1 is 1.27 bits per heavy atom. The van der Waals surface area contributed by atoms with Crippen molar-refractivity contribution in [2.24, 2.45) is 5.92 Å². The minimum Gasteiger partial charge on any atom is -0.508 e. The highest BCUT2D eigenvalue weighted by molar-refractivity contribution is 6.89. The first-order chi connectivity index (χ1) is 12.2. The third-order valence-corrected chi connectivity index (χ3v) is 9.98. The van der Waals surface area contributed by atoms with E-state index in [0.717, 1.165) is 29.7 Å². The molecule has 0 amide bonds. The van der Waals surface area contributed by atoms with Crippen molar-refractivity contribution < 1.29 is 14.9 Å². The molecule has 0 unspecified atom stereocenters. The molecule has 2 atom stereocenters. The minimum atomic E-state index is -1.59. The predicted molar refractivity (Wildman–Crippen MR) is 110 cm³/mol. The molecule has 0 saturated carbocycles. The van der Waals surface area contributed by atoms with Crippen molar-refractivity contribution in [3.8, 4) is 11.5 Å². The summed E-state index contributed by atoms with van der Waals surface area (Å²) in [5.41, 5.74) is 1.77. The third kappa shape index (κ3) is 3.46. The van der Waals surface area contributed by atoms with Crippen molar-refractivity contribution in [3.05, 3.63) is 29.3 Å². The largest absolute Gasteiger partial charge is 0.508 e. The van der Waals surface area contributed by atoms with Gasteiger partial charge in [-0.25, -0.2) is 0 Å². The summed E-state index contributed by atoms with van der Waals surface area (Å²) >= 11 is 0. The fraction of sp³-hybridized carbons (Fsp3) is 0.636. The second-order valence-corrected chi connectivity index (χ2v) is 14.1. The van der Waals surface area contributed by atoms with Crippen LogP contribution >= 0.6 is 0 Å². The number of phenols is 1. The molecule has 0 aromatic heterocycles. The number of unbranched alkanes of at least 4 members (excludes halogenated alkanes) is 1. The normalized spacial score (nSPS) is 24.3. The molecular weight excluding hydrogens is 340 g/mol. The van der Waals surface area contributed by atoms with E-state index in [-0.39, 0.29) is 18.1 Å². The molecule has 1 aromatic carbocycles. The second kappa shape index (κ2) is 7.04. The summed E-state index contributed by atoms with van der Waals surface area (Å²) in [6, 6.07) is 5.46. The van der Waals surface area contributed by atoms with Gasteiger partial charge in [-0.2, -0.15) is 0 Å². The number of allylic oxidation sites excluding steroid dienone is 1. The minimum absolute atomic E-state index is 0.107. The van der Waals surface area contributed by atoms with Gasteiger partial charge in [0.1, 0.15) is 17.1 Å². The van der Waals surface area contributed by atoms with E-state index in [1.807, 2.05) is 6.07 Å². The van der Waals surface area contributed by atoms with Crippen LogP contribution in [0.1, 0.15) is 57.9 Å². The maximum Gasteiger partial charge on any atom is 0.127 e. The first-order valence-electron chi connectivity index (χ1n) is 10.0. The molecule has 2 aliphatic rings. The summed E-state index contributed by atoms with van der Waals surface area (Å²) in [6.07, 6.45) is 6.30. The lowest BCUT2D eigenvalue weighted by Crippen LogP contribution is -2.47. The number of aliphatic hydroxyl groups is 1. The monoisotopic (exact) mass is 374 g/mol. The second-order valence-electron chi connectivity index (χ2n) is 9.27. The van der Waals surface area contributed by atoms with Gasteiger partial charge in [0.15, 0.2) is 0 Å². The molecule has 4 heteroatoms. The van der Waals surface area contributed by atoms with Crippen LogP contribution in [-0.2, 0) is 0 Å². The summed E-state index contributed by atoms with van der Waals surface area (Å²) in [7, 11) is -1.59. The molecule has 1 heterocycles. The van der Waals surface area contributed by atoms with Gasteiger partial charge in [-0.3, -0.25) is 0 Å². The number of fused-ring (bicyclic) bond motifs is 3. The van der Waals surface area contributed by atoms with Gasteiger partial charge in [-0.15, -0.1) is 0 Å². The highest BCUT2D eigenvalue weighted by atomic mass is 28.3. The SMILES string of the molecule is CCCC[Si](C)(C)c1cc(O)c2c(c1)OC(C)(C)[C@@H]1CC=C(CO)C[C@@H]21. The number of hydrogen-bond donors (Lipinski definition) is 2. The molecule has 2 N–H and O–H groups in total. The zero-order valence-corrected chi connectivity index (χ0v) is 17.9. The van der Waals surface area contributed by atoms with Crippen molar-refractivity contribution in [3.63, 3.8) is 0 Å². The average molecular weight is 375 g/mol. The van der Waals surface area contributed by atoms with Crippen molar-refractivity contribution in [1.82, 2.24) is 0 Å². The quantitative estimate of drug-likeness (QED) is 0.580. The van der Waals surface area contributed by atoms with E-state index in [9.17, 15) is 10.2 Å². The lowest BCUT2D eigenvalue weighted by atomic mass is 9.67. The molecule has 0 radical (unpaired) electrons. The average Bonchev–Trinajstić information content (AvgIpc) is 2.58. The molecule has 0 fully saturated rings. The fourth-order valence-corrected chi connectivity index (χ4v) is 7.32. The Balaban J connectivity index is 2.04.